The van der Waals surface area contributed by atoms with Crippen LogP contribution in [0.3, 0.4) is 0 Å². The van der Waals surface area contributed by atoms with Crippen molar-refractivity contribution < 1.29 is 239 Å². The summed E-state index contributed by atoms with van der Waals surface area (Å²) in [6.07, 6.45) is -113. The van der Waals surface area contributed by atoms with Crippen molar-refractivity contribution in [1.29, 1.82) is 0 Å². The van der Waals surface area contributed by atoms with E-state index in [1.54, 1.807) is 0 Å². The van der Waals surface area contributed by atoms with Crippen LogP contribution in [0.4, 0.5) is 184 Å². The minimum Gasteiger partial charge on any atom is -0.462 e. The topological polar surface area (TPSA) is 180 Å². The number of halogens is 42. The molecule has 11 atom stereocenters. The zero-order valence-corrected chi connectivity index (χ0v) is 57.5. The van der Waals surface area contributed by atoms with Crippen LogP contribution in [0.1, 0.15) is 139 Å². The molecule has 11 nitrogen and oxygen atoms in total. The Morgan fingerprint density at radius 2 is 0.568 bits per heavy atom. The molecule has 11 unspecified atom stereocenters. The number of ether oxygens (including phenoxy) is 3. The summed E-state index contributed by atoms with van der Waals surface area (Å²) < 4.78 is 560. The zero-order valence-electron chi connectivity index (χ0n) is 57.5. The number of fused-ring (bicyclic) bond motifs is 2. The fraction of sp³-hybridized carbons (Fsp3) is 0.948. The Bertz CT molecular complexity index is 2750. The maximum atomic E-state index is 13.3. The van der Waals surface area contributed by atoms with Gasteiger partial charge in [-0.1, -0.05) is 34.6 Å². The summed E-state index contributed by atoms with van der Waals surface area (Å²) in [6, 6.07) is 0. The fourth-order valence-corrected chi connectivity index (χ4v) is 12.9. The van der Waals surface area contributed by atoms with Gasteiger partial charge in [-0.25, -0.2) is 0 Å². The lowest BCUT2D eigenvalue weighted by molar-refractivity contribution is -0.406. The second-order valence-electron chi connectivity index (χ2n) is 28.2. The van der Waals surface area contributed by atoms with Crippen molar-refractivity contribution in [2.24, 2.45) is 69.5 Å². The molecule has 660 valence electrons. The summed E-state index contributed by atoms with van der Waals surface area (Å²) in [6.45, 7) is 9.54. The highest BCUT2D eigenvalue weighted by Crippen LogP contribution is 2.63. The largest absolute Gasteiger partial charge is 0.462 e. The Hall–Kier alpha value is -4.73. The molecule has 0 aliphatic heterocycles. The van der Waals surface area contributed by atoms with Crippen molar-refractivity contribution >= 4 is 17.9 Å². The van der Waals surface area contributed by atoms with Gasteiger partial charge in [0.05, 0.1) is 5.41 Å². The van der Waals surface area contributed by atoms with E-state index >= 15 is 0 Å². The maximum absolute atomic E-state index is 13.3. The van der Waals surface area contributed by atoms with Gasteiger partial charge in [0.2, 0.25) is 0 Å². The van der Waals surface area contributed by atoms with Gasteiger partial charge in [-0.3, -0.25) is 14.4 Å². The SMILES string of the molecule is CC1C2CC(CC(O)(C(F)(F)F)C(F)(F)F)C(C2)C1C.CCC(C)(C(=O)OC1CC(C(O)(C(F)(F)F)C(F)(F)F)CC(C(O)(C(F)(F)F)C(F)(F)F)C1)C(F)(F)F.CCC(C)(C(=O)OC1CC(C(O)(C(F)(F)F)C(F)(F)F)CC(C(O)(C(F)(F)F)C(F)(F)F)C1)C(F)(F)F.CCC(C)(C)C(=O)OC(C(F)(F)F)C(F)(F)F. The molecule has 4 aliphatic rings. The summed E-state index contributed by atoms with van der Waals surface area (Å²) in [7, 11) is 0. The predicted molar refractivity (Wildman–Crippen MR) is 284 cm³/mol. The summed E-state index contributed by atoms with van der Waals surface area (Å²) in [5, 5.41) is 47.6. The lowest BCUT2D eigenvalue weighted by Crippen LogP contribution is -2.67. The predicted octanol–water partition coefficient (Wildman–Crippen LogP) is 19.6. The number of hydrogen-bond donors (Lipinski definition) is 5. The number of alkyl halides is 42. The highest BCUT2D eigenvalue weighted by molar-refractivity contribution is 5.78. The highest BCUT2D eigenvalue weighted by Gasteiger charge is 2.82. The maximum Gasteiger partial charge on any atom is 0.434 e. The van der Waals surface area contributed by atoms with Gasteiger partial charge >= 0.3 is 104 Å². The molecule has 111 heavy (non-hydrogen) atoms. The van der Waals surface area contributed by atoms with Gasteiger partial charge in [-0.15, -0.1) is 0 Å². The molecule has 0 radical (unpaired) electrons. The molecule has 0 aromatic heterocycles. The molecule has 4 rings (SSSR count). The van der Waals surface area contributed by atoms with Gasteiger partial charge in [0.1, 0.15) is 12.2 Å². The lowest BCUT2D eigenvalue weighted by atomic mass is 9.65. The average Bonchev–Trinajstić information content (AvgIpc) is 1.31. The van der Waals surface area contributed by atoms with Crippen LogP contribution < -0.4 is 0 Å². The molecule has 53 heteroatoms. The number of aliphatic hydroxyl groups is 5. The van der Waals surface area contributed by atoms with Crippen molar-refractivity contribution in [3.8, 4) is 0 Å². The van der Waals surface area contributed by atoms with E-state index in [2.05, 4.69) is 14.2 Å². The summed E-state index contributed by atoms with van der Waals surface area (Å²) in [4.78, 5) is 35.5. The molecule has 4 aliphatic carbocycles. The number of hydrogen-bond acceptors (Lipinski definition) is 11. The normalized spacial score (nSPS) is 25.8. The first-order chi connectivity index (χ1) is 48.2. The smallest absolute Gasteiger partial charge is 0.434 e. The zero-order chi connectivity index (χ0) is 89.3. The molecular weight excluding hydrogens is 1670 g/mol. The van der Waals surface area contributed by atoms with Crippen LogP contribution in [0.15, 0.2) is 0 Å². The standard InChI is InChI=1S/2C18H19F15O4.C13H18F6O.C9H12F6O2/c2*1-3-11(2,14(19,20)21)10(34)37-9-5-7(12(35,15(22,23)24)16(25,26)27)4-8(6-9)13(36,17(28,29)30)18(31,32)33;1-6-7(2)10-4-8(6)3-9(10)5-11(20,12(14,15)16)13(17,18)19;1-4-7(2,3)6(16)17-5(8(10,11)12)9(13,14)15/h2*7-9,35-36H,3-6H2,1-2H3;6-10,20H,3-5H2,1-2H3;5H,4H2,1-3H3. The first-order valence-electron chi connectivity index (χ1n) is 31.4. The van der Waals surface area contributed by atoms with E-state index in [1.165, 1.54) is 20.8 Å². The van der Waals surface area contributed by atoms with E-state index in [4.69, 9.17) is 0 Å². The fourth-order valence-electron chi connectivity index (χ4n) is 12.9. The van der Waals surface area contributed by atoms with Gasteiger partial charge in [0.15, 0.2) is 10.8 Å². The molecule has 0 heterocycles. The van der Waals surface area contributed by atoms with Gasteiger partial charge < -0.3 is 39.7 Å². The van der Waals surface area contributed by atoms with E-state index in [0.29, 0.717) is 18.8 Å². The van der Waals surface area contributed by atoms with Crippen LogP contribution in [-0.2, 0) is 28.6 Å². The molecular formula is C58H68F42O11. The van der Waals surface area contributed by atoms with Gasteiger partial charge in [0.25, 0.3) is 34.1 Å². The van der Waals surface area contributed by atoms with E-state index in [9.17, 15) is 224 Å². The molecule has 2 bridgehead atoms. The summed E-state index contributed by atoms with van der Waals surface area (Å²) >= 11 is 0. The van der Waals surface area contributed by atoms with Crippen LogP contribution in [0, 0.1) is 69.5 Å². The van der Waals surface area contributed by atoms with Gasteiger partial charge in [-0.05, 0) is 134 Å². The Kier molecular flexibility index (Phi) is 30.7. The first-order valence-corrected chi connectivity index (χ1v) is 31.4. The average molecular weight is 1740 g/mol. The summed E-state index contributed by atoms with van der Waals surface area (Å²) in [5.41, 5.74) is -36.9. The highest BCUT2D eigenvalue weighted by atomic mass is 19.5. The molecule has 0 saturated heterocycles. The van der Waals surface area contributed by atoms with Crippen LogP contribution in [-0.4, -0.2) is 176 Å². The van der Waals surface area contributed by atoms with Gasteiger partial charge in [-0.2, -0.15) is 184 Å². The third kappa shape index (κ3) is 21.0. The number of carbonyl (C=O) groups excluding carboxylic acids is 3. The molecule has 4 saturated carbocycles. The van der Waals surface area contributed by atoms with Crippen molar-refractivity contribution in [2.75, 3.05) is 0 Å². The monoisotopic (exact) mass is 1740 g/mol. The minimum absolute atomic E-state index is 0.0638. The van der Waals surface area contributed by atoms with E-state index in [-0.39, 0.29) is 38.0 Å². The van der Waals surface area contributed by atoms with Crippen LogP contribution in [0.5, 0.6) is 0 Å². The van der Waals surface area contributed by atoms with Crippen molar-refractivity contribution in [3.63, 3.8) is 0 Å². The Morgan fingerprint density at radius 3 is 0.739 bits per heavy atom. The third-order valence-electron chi connectivity index (χ3n) is 21.0. The molecule has 0 aromatic carbocycles. The van der Waals surface area contributed by atoms with Crippen molar-refractivity contribution in [1.82, 2.24) is 0 Å². The van der Waals surface area contributed by atoms with Gasteiger partial charge in [0, 0.05) is 23.7 Å². The number of esters is 3. The second-order valence-corrected chi connectivity index (χ2v) is 28.2. The van der Waals surface area contributed by atoms with Crippen LogP contribution in [0.25, 0.3) is 0 Å². The molecule has 0 spiro atoms. The summed E-state index contributed by atoms with van der Waals surface area (Å²) in [5.74, 6) is -21.3. The molecule has 5 N–H and O–H groups in total. The molecule has 0 aromatic rings. The second kappa shape index (κ2) is 32.6. The number of carbonyl (C=O) groups is 3. The van der Waals surface area contributed by atoms with E-state index in [1.807, 2.05) is 13.8 Å². The third-order valence-corrected chi connectivity index (χ3v) is 21.0. The lowest BCUT2D eigenvalue weighted by Gasteiger charge is -2.48. The van der Waals surface area contributed by atoms with Crippen LogP contribution >= 0.6 is 0 Å². The first kappa shape index (κ1) is 104. The quantitative estimate of drug-likeness (QED) is 0.0598. The van der Waals surface area contributed by atoms with Crippen LogP contribution in [0.2, 0.25) is 0 Å². The molecule has 0 amide bonds. The Morgan fingerprint density at radius 1 is 0.324 bits per heavy atom. The van der Waals surface area contributed by atoms with E-state index in [0.717, 1.165) is 13.8 Å². The van der Waals surface area contributed by atoms with Crippen molar-refractivity contribution in [2.45, 2.75) is 272 Å². The Balaban J connectivity index is 0.000000778. The van der Waals surface area contributed by atoms with Crippen molar-refractivity contribution in [3.05, 3.63) is 0 Å². The number of rotatable bonds is 15. The van der Waals surface area contributed by atoms with E-state index < -0.39 is 254 Å². The molecule has 4 fully saturated rings. The Labute approximate surface area is 597 Å². The minimum atomic E-state index is -6.77.